The molecule has 0 unspecified atom stereocenters. The number of para-hydroxylation sites is 1. The van der Waals surface area contributed by atoms with Crippen molar-refractivity contribution in [3.05, 3.63) is 46.1 Å². The molecule has 0 spiro atoms. The zero-order valence-electron chi connectivity index (χ0n) is 9.41. The number of carbonyl (C=O) groups is 1. The standard InChI is InChI=1S/C11H11N3O3/c1-7-12-14(11(17)13(7)2)9-6-4-3-5-8(9)10(15)16/h3-6H,1-2H3,(H,15,16). The van der Waals surface area contributed by atoms with Gasteiger partial charge in [0.1, 0.15) is 5.82 Å². The van der Waals surface area contributed by atoms with Gasteiger partial charge in [0.25, 0.3) is 0 Å². The van der Waals surface area contributed by atoms with E-state index >= 15 is 0 Å². The molecule has 88 valence electrons. The first kappa shape index (κ1) is 11.1. The molecule has 1 aromatic carbocycles. The Morgan fingerprint density at radius 3 is 2.53 bits per heavy atom. The SMILES string of the molecule is Cc1nn(-c2ccccc2C(=O)O)c(=O)n1C. The highest BCUT2D eigenvalue weighted by molar-refractivity contribution is 5.91. The lowest BCUT2D eigenvalue weighted by molar-refractivity contribution is 0.0696. The molecule has 0 radical (unpaired) electrons. The number of aromatic carboxylic acids is 1. The molecule has 0 amide bonds. The van der Waals surface area contributed by atoms with Crippen molar-refractivity contribution in [3.63, 3.8) is 0 Å². The minimum atomic E-state index is -1.09. The summed E-state index contributed by atoms with van der Waals surface area (Å²) in [4.78, 5) is 22.9. The number of hydrogen-bond donors (Lipinski definition) is 1. The van der Waals surface area contributed by atoms with Crippen molar-refractivity contribution < 1.29 is 9.90 Å². The van der Waals surface area contributed by atoms with Crippen LogP contribution in [0.1, 0.15) is 16.2 Å². The fourth-order valence-corrected chi connectivity index (χ4v) is 1.53. The molecule has 0 bridgehead atoms. The summed E-state index contributed by atoms with van der Waals surface area (Å²) in [5, 5.41) is 13.1. The molecule has 1 heterocycles. The number of carboxylic acids is 1. The Morgan fingerprint density at radius 1 is 1.35 bits per heavy atom. The van der Waals surface area contributed by atoms with Crippen LogP contribution in [0.25, 0.3) is 5.69 Å². The molecular weight excluding hydrogens is 222 g/mol. The summed E-state index contributed by atoms with van der Waals surface area (Å²) in [6.45, 7) is 1.68. The van der Waals surface area contributed by atoms with Crippen molar-refractivity contribution in [1.29, 1.82) is 0 Å². The van der Waals surface area contributed by atoms with Gasteiger partial charge in [0.2, 0.25) is 0 Å². The maximum Gasteiger partial charge on any atom is 0.350 e. The van der Waals surface area contributed by atoms with E-state index in [1.165, 1.54) is 10.6 Å². The van der Waals surface area contributed by atoms with Crippen LogP contribution in [0.2, 0.25) is 0 Å². The van der Waals surface area contributed by atoms with Crippen LogP contribution in [0, 0.1) is 6.92 Å². The van der Waals surface area contributed by atoms with Crippen LogP contribution in [0.3, 0.4) is 0 Å². The van der Waals surface area contributed by atoms with Gasteiger partial charge in [-0.15, -0.1) is 0 Å². The first-order chi connectivity index (χ1) is 8.02. The highest BCUT2D eigenvalue weighted by Gasteiger charge is 2.15. The third-order valence-electron chi connectivity index (χ3n) is 2.56. The molecule has 0 atom stereocenters. The Kier molecular flexibility index (Phi) is 2.55. The van der Waals surface area contributed by atoms with Gasteiger partial charge in [-0.2, -0.15) is 9.78 Å². The van der Waals surface area contributed by atoms with Crippen LogP contribution in [0.4, 0.5) is 0 Å². The van der Waals surface area contributed by atoms with Gasteiger partial charge in [0.15, 0.2) is 0 Å². The number of carboxylic acid groups (broad SMARTS) is 1. The Morgan fingerprint density at radius 2 is 2.00 bits per heavy atom. The third-order valence-corrected chi connectivity index (χ3v) is 2.56. The van der Waals surface area contributed by atoms with E-state index in [4.69, 9.17) is 5.11 Å². The van der Waals surface area contributed by atoms with E-state index in [2.05, 4.69) is 5.10 Å². The molecule has 2 aromatic rings. The zero-order valence-corrected chi connectivity index (χ0v) is 9.41. The largest absolute Gasteiger partial charge is 0.478 e. The second-order valence-corrected chi connectivity index (χ2v) is 3.62. The van der Waals surface area contributed by atoms with Crippen LogP contribution in [-0.2, 0) is 7.05 Å². The molecule has 6 heteroatoms. The number of rotatable bonds is 2. The third kappa shape index (κ3) is 1.73. The minimum absolute atomic E-state index is 0.0488. The van der Waals surface area contributed by atoms with Gasteiger partial charge in [0, 0.05) is 7.05 Å². The first-order valence-corrected chi connectivity index (χ1v) is 4.97. The predicted molar refractivity (Wildman–Crippen MR) is 60.5 cm³/mol. The molecule has 0 aliphatic rings. The molecule has 17 heavy (non-hydrogen) atoms. The van der Waals surface area contributed by atoms with Gasteiger partial charge in [-0.05, 0) is 19.1 Å². The molecule has 2 rings (SSSR count). The van der Waals surface area contributed by atoms with E-state index < -0.39 is 5.97 Å². The minimum Gasteiger partial charge on any atom is -0.478 e. The Hall–Kier alpha value is -2.37. The molecule has 0 saturated heterocycles. The Labute approximate surface area is 96.7 Å². The van der Waals surface area contributed by atoms with Crippen LogP contribution in [-0.4, -0.2) is 25.4 Å². The van der Waals surface area contributed by atoms with Crippen LogP contribution in [0.15, 0.2) is 29.1 Å². The molecule has 1 aromatic heterocycles. The van der Waals surface area contributed by atoms with Crippen molar-refractivity contribution in [1.82, 2.24) is 14.3 Å². The fraction of sp³-hybridized carbons (Fsp3) is 0.182. The van der Waals surface area contributed by atoms with E-state index in [-0.39, 0.29) is 16.9 Å². The summed E-state index contributed by atoms with van der Waals surface area (Å²) in [5.74, 6) is -0.564. The van der Waals surface area contributed by atoms with Crippen LogP contribution < -0.4 is 5.69 Å². The second-order valence-electron chi connectivity index (χ2n) is 3.62. The van der Waals surface area contributed by atoms with Crippen LogP contribution in [0.5, 0.6) is 0 Å². The van der Waals surface area contributed by atoms with Gasteiger partial charge in [-0.25, -0.2) is 9.59 Å². The topological polar surface area (TPSA) is 77.1 Å². The average Bonchev–Trinajstić information content (AvgIpc) is 2.57. The van der Waals surface area contributed by atoms with Crippen molar-refractivity contribution in [2.45, 2.75) is 6.92 Å². The van der Waals surface area contributed by atoms with Crippen molar-refractivity contribution in [2.24, 2.45) is 7.05 Å². The van der Waals surface area contributed by atoms with Gasteiger partial charge in [-0.1, -0.05) is 12.1 Å². The van der Waals surface area contributed by atoms with E-state index in [0.717, 1.165) is 4.68 Å². The molecule has 0 aliphatic heterocycles. The Bertz CT molecular complexity index is 640. The smallest absolute Gasteiger partial charge is 0.350 e. The van der Waals surface area contributed by atoms with Crippen molar-refractivity contribution in [3.8, 4) is 5.69 Å². The number of hydrogen-bond acceptors (Lipinski definition) is 3. The van der Waals surface area contributed by atoms with Gasteiger partial charge in [0.05, 0.1) is 11.3 Å². The molecule has 0 saturated carbocycles. The lowest BCUT2D eigenvalue weighted by Gasteiger charge is -2.03. The summed E-state index contributed by atoms with van der Waals surface area (Å²) in [6, 6.07) is 6.26. The van der Waals surface area contributed by atoms with Gasteiger partial charge < -0.3 is 5.11 Å². The van der Waals surface area contributed by atoms with Gasteiger partial charge >= 0.3 is 11.7 Å². The predicted octanol–water partition coefficient (Wildman–Crippen LogP) is 0.578. The monoisotopic (exact) mass is 233 g/mol. The van der Waals surface area contributed by atoms with E-state index in [1.54, 1.807) is 32.2 Å². The summed E-state index contributed by atoms with van der Waals surface area (Å²) >= 11 is 0. The number of aromatic nitrogens is 3. The molecule has 1 N–H and O–H groups in total. The number of aryl methyl sites for hydroxylation is 1. The van der Waals surface area contributed by atoms with E-state index in [1.807, 2.05) is 0 Å². The van der Waals surface area contributed by atoms with E-state index in [9.17, 15) is 9.59 Å². The summed E-state index contributed by atoms with van der Waals surface area (Å²) in [6.07, 6.45) is 0. The number of benzene rings is 1. The quantitative estimate of drug-likeness (QED) is 0.823. The molecule has 0 fully saturated rings. The summed E-state index contributed by atoms with van der Waals surface area (Å²) < 4.78 is 2.46. The van der Waals surface area contributed by atoms with E-state index in [0.29, 0.717) is 5.82 Å². The second kappa shape index (κ2) is 3.89. The lowest BCUT2D eigenvalue weighted by atomic mass is 10.2. The fourth-order valence-electron chi connectivity index (χ4n) is 1.53. The molecular formula is C11H11N3O3. The van der Waals surface area contributed by atoms with Crippen molar-refractivity contribution in [2.75, 3.05) is 0 Å². The summed E-state index contributed by atoms with van der Waals surface area (Å²) in [5.41, 5.74) is -0.0439. The highest BCUT2D eigenvalue weighted by atomic mass is 16.4. The maximum absolute atomic E-state index is 11.8. The van der Waals surface area contributed by atoms with Crippen LogP contribution >= 0.6 is 0 Å². The maximum atomic E-state index is 11.8. The average molecular weight is 233 g/mol. The lowest BCUT2D eigenvalue weighted by Crippen LogP contribution is -2.23. The first-order valence-electron chi connectivity index (χ1n) is 4.97. The number of nitrogens with zero attached hydrogens (tertiary/aromatic N) is 3. The highest BCUT2D eigenvalue weighted by Crippen LogP contribution is 2.11. The molecule has 6 nitrogen and oxygen atoms in total. The Balaban J connectivity index is 2.73. The molecule has 0 aliphatic carbocycles. The normalized spacial score (nSPS) is 10.5. The zero-order chi connectivity index (χ0) is 12.6. The summed E-state index contributed by atoms with van der Waals surface area (Å²) in [7, 11) is 1.59. The van der Waals surface area contributed by atoms with Crippen molar-refractivity contribution >= 4 is 5.97 Å². The van der Waals surface area contributed by atoms with Gasteiger partial charge in [-0.3, -0.25) is 4.57 Å².